The molecule has 2 aliphatic rings. The molecule has 0 radical (unpaired) electrons. The Hall–Kier alpha value is -7.17. The van der Waals surface area contributed by atoms with Crippen LogP contribution in [0.5, 0.6) is 0 Å². The van der Waals surface area contributed by atoms with Gasteiger partial charge in [0.15, 0.2) is 0 Å². The number of rotatable bonds is 2. The highest BCUT2D eigenvalue weighted by Crippen LogP contribution is 2.59. The van der Waals surface area contributed by atoms with Crippen LogP contribution in [-0.4, -0.2) is 0 Å². The van der Waals surface area contributed by atoms with Crippen molar-refractivity contribution in [3.05, 3.63) is 128 Å². The molecular formula is C38H15F3N6. The second kappa shape index (κ2) is 11.1. The van der Waals surface area contributed by atoms with E-state index in [-0.39, 0.29) is 27.8 Å². The van der Waals surface area contributed by atoms with Crippen molar-refractivity contribution in [2.24, 2.45) is 0 Å². The Balaban J connectivity index is 1.62. The van der Waals surface area contributed by atoms with Crippen LogP contribution in [0.1, 0.15) is 44.5 Å². The van der Waals surface area contributed by atoms with Crippen LogP contribution in [-0.2, 0) is 6.18 Å². The van der Waals surface area contributed by atoms with Gasteiger partial charge < -0.3 is 0 Å². The van der Waals surface area contributed by atoms with Gasteiger partial charge in [0.1, 0.15) is 35.4 Å². The standard InChI is InChI=1S/C38H15F3N6/c1-20-2-6-28(23(10-20)14-42)21-3-7-30-32(12-21)34(25(16-44)17-45)37-31-8-4-22(13-33(31)35(36(30)37)26(18-46)19-47)29-9-5-27(38(39,40)41)11-24(29)15-43/h2-13H,1H3. The van der Waals surface area contributed by atoms with Crippen LogP contribution in [0.4, 0.5) is 13.2 Å². The number of allylic oxidation sites excluding steroid dienone is 6. The average Bonchev–Trinajstić information content (AvgIpc) is 3.57. The maximum Gasteiger partial charge on any atom is 0.416 e. The Labute approximate surface area is 266 Å². The molecule has 6 rings (SSSR count). The van der Waals surface area contributed by atoms with Gasteiger partial charge in [0.25, 0.3) is 0 Å². The minimum absolute atomic E-state index is 0.209. The monoisotopic (exact) mass is 612 g/mol. The van der Waals surface area contributed by atoms with Gasteiger partial charge in [0.2, 0.25) is 0 Å². The molecule has 6 nitrogen and oxygen atoms in total. The summed E-state index contributed by atoms with van der Waals surface area (Å²) in [5, 5.41) is 59.7. The highest BCUT2D eigenvalue weighted by atomic mass is 19.4. The summed E-state index contributed by atoms with van der Waals surface area (Å²) in [7, 11) is 0. The summed E-state index contributed by atoms with van der Waals surface area (Å²) in [5.41, 5.74) is 4.93. The zero-order valence-electron chi connectivity index (χ0n) is 24.2. The Bertz CT molecular complexity index is 2440. The van der Waals surface area contributed by atoms with Gasteiger partial charge >= 0.3 is 6.18 Å². The van der Waals surface area contributed by atoms with Gasteiger partial charge in [-0.05, 0) is 87.3 Å². The molecule has 9 heteroatoms. The molecule has 4 aromatic rings. The number of halogens is 3. The zero-order valence-corrected chi connectivity index (χ0v) is 24.2. The van der Waals surface area contributed by atoms with Gasteiger partial charge in [0.05, 0.1) is 28.8 Å². The van der Waals surface area contributed by atoms with E-state index in [1.165, 1.54) is 6.07 Å². The fourth-order valence-electron chi connectivity index (χ4n) is 6.19. The molecular weight excluding hydrogens is 597 g/mol. The maximum absolute atomic E-state index is 13.4. The first-order valence-electron chi connectivity index (χ1n) is 13.9. The van der Waals surface area contributed by atoms with Gasteiger partial charge in [-0.1, -0.05) is 42.5 Å². The molecule has 47 heavy (non-hydrogen) atoms. The van der Waals surface area contributed by atoms with Gasteiger partial charge in [0, 0.05) is 22.3 Å². The maximum atomic E-state index is 13.4. The fourth-order valence-corrected chi connectivity index (χ4v) is 6.19. The van der Waals surface area contributed by atoms with Crippen LogP contribution >= 0.6 is 0 Å². The van der Waals surface area contributed by atoms with Crippen molar-refractivity contribution in [2.45, 2.75) is 13.1 Å². The van der Waals surface area contributed by atoms with E-state index >= 15 is 0 Å². The minimum atomic E-state index is -4.65. The van der Waals surface area contributed by atoms with Crippen LogP contribution in [0, 0.1) is 74.9 Å². The third-order valence-electron chi connectivity index (χ3n) is 8.20. The van der Waals surface area contributed by atoms with Gasteiger partial charge in [-0.3, -0.25) is 0 Å². The van der Waals surface area contributed by atoms with Crippen LogP contribution < -0.4 is 0 Å². The summed E-state index contributed by atoms with van der Waals surface area (Å²) in [6.07, 6.45) is -4.65. The number of nitriles is 6. The van der Waals surface area contributed by atoms with Gasteiger partial charge in [-0.15, -0.1) is 0 Å². The molecule has 2 aliphatic carbocycles. The first-order valence-corrected chi connectivity index (χ1v) is 13.9. The second-order valence-electron chi connectivity index (χ2n) is 10.7. The first-order chi connectivity index (χ1) is 22.6. The van der Waals surface area contributed by atoms with Crippen LogP contribution in [0.25, 0.3) is 44.5 Å². The van der Waals surface area contributed by atoms with Crippen LogP contribution in [0.2, 0.25) is 0 Å². The molecule has 0 aliphatic heterocycles. The van der Waals surface area contributed by atoms with Crippen molar-refractivity contribution in [3.63, 3.8) is 0 Å². The molecule has 0 amide bonds. The average molecular weight is 613 g/mol. The number of nitrogens with zero attached hydrogens (tertiary/aromatic N) is 6. The lowest BCUT2D eigenvalue weighted by molar-refractivity contribution is -0.137. The van der Waals surface area contributed by atoms with Crippen molar-refractivity contribution in [1.82, 2.24) is 0 Å². The summed E-state index contributed by atoms with van der Waals surface area (Å²) in [4.78, 5) is 0. The minimum Gasteiger partial charge on any atom is -0.192 e. The van der Waals surface area contributed by atoms with E-state index in [1.54, 1.807) is 42.5 Å². The number of hydrogen-bond donors (Lipinski definition) is 0. The number of aryl methyl sites for hydroxylation is 1. The Morgan fingerprint density at radius 3 is 1.36 bits per heavy atom. The predicted octanol–water partition coefficient (Wildman–Crippen LogP) is 8.63. The molecule has 0 fully saturated rings. The van der Waals surface area contributed by atoms with Crippen molar-refractivity contribution in [3.8, 4) is 58.7 Å². The van der Waals surface area contributed by atoms with Crippen molar-refractivity contribution < 1.29 is 13.2 Å². The second-order valence-corrected chi connectivity index (χ2v) is 10.7. The van der Waals surface area contributed by atoms with Crippen LogP contribution in [0.15, 0.2) is 83.9 Å². The van der Waals surface area contributed by atoms with E-state index in [2.05, 4.69) is 6.07 Å². The fraction of sp³-hybridized carbons (Fsp3) is 0.0526. The highest BCUT2D eigenvalue weighted by Gasteiger charge is 2.40. The molecule has 0 heterocycles. The summed E-state index contributed by atoms with van der Waals surface area (Å²) in [6.45, 7) is 1.87. The third-order valence-corrected chi connectivity index (χ3v) is 8.20. The number of fused-ring (bicyclic) bond motifs is 4. The molecule has 0 bridgehead atoms. The van der Waals surface area contributed by atoms with Crippen LogP contribution in [0.3, 0.4) is 0 Å². The number of alkyl halides is 3. The molecule has 0 saturated carbocycles. The van der Waals surface area contributed by atoms with E-state index in [0.29, 0.717) is 61.2 Å². The molecule has 218 valence electrons. The summed E-state index contributed by atoms with van der Waals surface area (Å²) >= 11 is 0. The highest BCUT2D eigenvalue weighted by molar-refractivity contribution is 6.38. The summed E-state index contributed by atoms with van der Waals surface area (Å²) in [5.74, 6) is 0. The number of hydrogen-bond acceptors (Lipinski definition) is 6. The molecule has 0 atom stereocenters. The normalized spacial score (nSPS) is 12.4. The smallest absolute Gasteiger partial charge is 0.192 e. The van der Waals surface area contributed by atoms with Gasteiger partial charge in [-0.25, -0.2) is 0 Å². The molecule has 0 aromatic heterocycles. The summed E-state index contributed by atoms with van der Waals surface area (Å²) < 4.78 is 40.1. The van der Waals surface area contributed by atoms with E-state index in [0.717, 1.165) is 17.7 Å². The Morgan fingerprint density at radius 1 is 0.511 bits per heavy atom. The quantitative estimate of drug-likeness (QED) is 0.207. The predicted molar refractivity (Wildman–Crippen MR) is 166 cm³/mol. The molecule has 0 spiro atoms. The lowest BCUT2D eigenvalue weighted by Gasteiger charge is -2.16. The van der Waals surface area contributed by atoms with Crippen molar-refractivity contribution in [1.29, 1.82) is 31.6 Å². The molecule has 0 unspecified atom stereocenters. The lowest BCUT2D eigenvalue weighted by Crippen LogP contribution is -2.05. The van der Waals surface area contributed by atoms with E-state index in [9.17, 15) is 44.7 Å². The lowest BCUT2D eigenvalue weighted by atomic mass is 9.86. The molecule has 0 N–H and O–H groups in total. The van der Waals surface area contributed by atoms with Gasteiger partial charge in [-0.2, -0.15) is 44.7 Å². The molecule has 4 aromatic carbocycles. The SMILES string of the molecule is Cc1ccc(-c2ccc3c(c2)C(=C(C#N)C#N)C2=C3C(=C(C#N)C#N)c3cc(-c4ccc(C(F)(F)F)cc4C#N)ccc32)c(C#N)c1. The van der Waals surface area contributed by atoms with Crippen molar-refractivity contribution >= 4 is 22.3 Å². The first kappa shape index (κ1) is 29.9. The van der Waals surface area contributed by atoms with E-state index in [4.69, 9.17) is 0 Å². The summed E-state index contributed by atoms with van der Waals surface area (Å²) in [6, 6.07) is 30.3. The number of benzene rings is 4. The Morgan fingerprint density at radius 2 is 0.936 bits per heavy atom. The molecule has 0 saturated heterocycles. The van der Waals surface area contributed by atoms with E-state index in [1.807, 2.05) is 49.4 Å². The largest absolute Gasteiger partial charge is 0.416 e. The third kappa shape index (κ3) is 4.62. The van der Waals surface area contributed by atoms with E-state index < -0.39 is 11.7 Å². The topological polar surface area (TPSA) is 143 Å². The van der Waals surface area contributed by atoms with Crippen molar-refractivity contribution in [2.75, 3.05) is 0 Å². The zero-order chi connectivity index (χ0) is 33.6. The Kier molecular flexibility index (Phi) is 7.04.